The molecule has 0 aliphatic carbocycles. The van der Waals surface area contributed by atoms with Crippen LogP contribution in [0.25, 0.3) is 0 Å². The van der Waals surface area contributed by atoms with E-state index in [9.17, 15) is 0 Å². The average molecular weight is 497 g/mol. The summed E-state index contributed by atoms with van der Waals surface area (Å²) in [4.78, 5) is 0. The summed E-state index contributed by atoms with van der Waals surface area (Å²) in [7, 11) is 0. The van der Waals surface area contributed by atoms with E-state index >= 15 is 0 Å². The fraction of sp³-hybridized carbons (Fsp3) is 0.875. The number of hydrogen-bond donors (Lipinski definition) is 4. The second-order valence-electron chi connectivity index (χ2n) is 13.2. The van der Waals surface area contributed by atoms with Gasteiger partial charge in [-0.05, 0) is 76.0 Å². The molecule has 4 heteroatoms. The van der Waals surface area contributed by atoms with E-state index in [4.69, 9.17) is 0 Å². The normalized spacial score (nSPS) is 47.3. The molecular weight excluding hydrogens is 440 g/mol. The maximum Gasteiger partial charge on any atom is 0.0303 e. The molecule has 204 valence electrons. The van der Waals surface area contributed by atoms with Crippen LogP contribution in [0.5, 0.6) is 0 Å². The Balaban J connectivity index is 1.48. The Hall–Kier alpha value is -0.680. The van der Waals surface area contributed by atoms with E-state index in [1.165, 1.54) is 51.4 Å². The molecular formula is C32H56N4. The molecule has 36 heavy (non-hydrogen) atoms. The van der Waals surface area contributed by atoms with Gasteiger partial charge >= 0.3 is 0 Å². The number of hydrogen-bond acceptors (Lipinski definition) is 4. The van der Waals surface area contributed by atoms with Gasteiger partial charge in [0.05, 0.1) is 0 Å². The van der Waals surface area contributed by atoms with E-state index in [0.717, 1.165) is 23.7 Å². The Bertz CT molecular complexity index is 860. The predicted octanol–water partition coefficient (Wildman–Crippen LogP) is 5.70. The Morgan fingerprint density at radius 2 is 0.889 bits per heavy atom. The van der Waals surface area contributed by atoms with E-state index in [1.807, 2.05) is 0 Å². The molecule has 0 aromatic carbocycles. The van der Waals surface area contributed by atoms with Gasteiger partial charge < -0.3 is 21.3 Å². The number of rotatable bonds is 4. The van der Waals surface area contributed by atoms with E-state index < -0.39 is 0 Å². The first kappa shape index (κ1) is 26.9. The summed E-state index contributed by atoms with van der Waals surface area (Å²) in [5, 5.41) is 16.8. The Kier molecular flexibility index (Phi) is 8.09. The van der Waals surface area contributed by atoms with Crippen molar-refractivity contribution >= 4 is 0 Å². The summed E-state index contributed by atoms with van der Waals surface area (Å²) in [5.74, 6) is 3.04. The summed E-state index contributed by atoms with van der Waals surface area (Å²) < 4.78 is 0. The quantitative estimate of drug-likeness (QED) is 0.377. The van der Waals surface area contributed by atoms with Gasteiger partial charge in [0.15, 0.2) is 0 Å². The lowest BCUT2D eigenvalue weighted by molar-refractivity contribution is 0.304. The molecule has 5 aliphatic rings. The maximum atomic E-state index is 4.22. The van der Waals surface area contributed by atoms with Crippen LogP contribution in [0, 0.1) is 23.7 Å². The largest absolute Gasteiger partial charge is 0.311 e. The summed E-state index contributed by atoms with van der Waals surface area (Å²) >= 11 is 0. The van der Waals surface area contributed by atoms with E-state index in [1.54, 1.807) is 22.3 Å². The Morgan fingerprint density at radius 1 is 0.528 bits per heavy atom. The third-order valence-electron chi connectivity index (χ3n) is 11.9. The average Bonchev–Trinajstić information content (AvgIpc) is 3.51. The van der Waals surface area contributed by atoms with Crippen LogP contribution in [0.1, 0.15) is 107 Å². The first-order valence-corrected chi connectivity index (χ1v) is 15.7. The van der Waals surface area contributed by atoms with Crippen molar-refractivity contribution in [2.45, 2.75) is 155 Å². The summed E-state index contributed by atoms with van der Waals surface area (Å²) in [6.45, 7) is 19.6. The van der Waals surface area contributed by atoms with Gasteiger partial charge in [0.2, 0.25) is 0 Å². The van der Waals surface area contributed by atoms with E-state index in [0.29, 0.717) is 48.3 Å². The topological polar surface area (TPSA) is 48.1 Å². The van der Waals surface area contributed by atoms with Crippen molar-refractivity contribution in [2.75, 3.05) is 0 Å². The molecule has 8 bridgehead atoms. The first-order chi connectivity index (χ1) is 17.3. The van der Waals surface area contributed by atoms with Gasteiger partial charge in [-0.1, -0.05) is 76.7 Å². The minimum Gasteiger partial charge on any atom is -0.311 e. The molecule has 5 heterocycles. The van der Waals surface area contributed by atoms with Gasteiger partial charge in [0.25, 0.3) is 0 Å². The monoisotopic (exact) mass is 496 g/mol. The van der Waals surface area contributed by atoms with Crippen LogP contribution in [0.4, 0.5) is 0 Å². The lowest BCUT2D eigenvalue weighted by atomic mass is 9.81. The lowest BCUT2D eigenvalue weighted by Crippen LogP contribution is -2.46. The molecule has 0 amide bonds. The van der Waals surface area contributed by atoms with Crippen molar-refractivity contribution in [1.82, 2.24) is 21.3 Å². The van der Waals surface area contributed by atoms with Crippen LogP contribution < -0.4 is 21.3 Å². The summed E-state index contributed by atoms with van der Waals surface area (Å²) in [6.07, 6.45) is 9.93. The third-order valence-corrected chi connectivity index (χ3v) is 11.9. The highest BCUT2D eigenvalue weighted by Gasteiger charge is 2.47. The first-order valence-electron chi connectivity index (χ1n) is 15.7. The summed E-state index contributed by atoms with van der Waals surface area (Å²) in [6, 6.07) is 4.63. The fourth-order valence-corrected chi connectivity index (χ4v) is 9.70. The standard InChI is InChI=1S/C32H56N4/c1-9-21-17(5)25-13-26-18(6)23(11-3)31(34-26)16-32-24(12-4)20(8)28(36-32)15-30-22(10-2)19(7)27(35-30)14-29(21)33-25/h18-19,22-23,25-36H,9-16H2,1-8H3. The van der Waals surface area contributed by atoms with Gasteiger partial charge in [0, 0.05) is 48.3 Å². The minimum atomic E-state index is 0.533. The van der Waals surface area contributed by atoms with Crippen molar-refractivity contribution in [3.05, 3.63) is 22.3 Å². The van der Waals surface area contributed by atoms with Crippen molar-refractivity contribution in [1.29, 1.82) is 0 Å². The van der Waals surface area contributed by atoms with Crippen molar-refractivity contribution < 1.29 is 0 Å². The van der Waals surface area contributed by atoms with Crippen LogP contribution >= 0.6 is 0 Å². The maximum absolute atomic E-state index is 4.22. The molecule has 12 atom stereocenters. The highest BCUT2D eigenvalue weighted by Crippen LogP contribution is 2.42. The number of nitrogens with one attached hydrogen (secondary N) is 4. The molecule has 0 spiro atoms. The van der Waals surface area contributed by atoms with Crippen LogP contribution in [-0.2, 0) is 0 Å². The van der Waals surface area contributed by atoms with Crippen LogP contribution in [0.2, 0.25) is 0 Å². The zero-order chi connectivity index (χ0) is 25.7. The highest BCUT2D eigenvalue weighted by atomic mass is 15.1. The minimum absolute atomic E-state index is 0.533. The molecule has 3 fully saturated rings. The smallest absolute Gasteiger partial charge is 0.0303 e. The van der Waals surface area contributed by atoms with Crippen LogP contribution in [0.15, 0.2) is 22.3 Å². The second-order valence-corrected chi connectivity index (χ2v) is 13.2. The predicted molar refractivity (Wildman–Crippen MR) is 153 cm³/mol. The third kappa shape index (κ3) is 4.56. The van der Waals surface area contributed by atoms with E-state index in [-0.39, 0.29) is 0 Å². The Labute approximate surface area is 222 Å². The van der Waals surface area contributed by atoms with Crippen molar-refractivity contribution in [2.24, 2.45) is 23.7 Å². The molecule has 4 nitrogen and oxygen atoms in total. The van der Waals surface area contributed by atoms with Crippen molar-refractivity contribution in [3.63, 3.8) is 0 Å². The molecule has 3 saturated heterocycles. The lowest BCUT2D eigenvalue weighted by Gasteiger charge is -2.28. The molecule has 0 aromatic heterocycles. The molecule has 0 saturated carbocycles. The zero-order valence-electron chi connectivity index (χ0n) is 24.6. The Morgan fingerprint density at radius 3 is 1.28 bits per heavy atom. The van der Waals surface area contributed by atoms with Gasteiger partial charge in [-0.25, -0.2) is 0 Å². The molecule has 5 rings (SSSR count). The van der Waals surface area contributed by atoms with Gasteiger partial charge in [-0.15, -0.1) is 0 Å². The molecule has 12 unspecified atom stereocenters. The second kappa shape index (κ2) is 10.8. The molecule has 4 N–H and O–H groups in total. The molecule has 5 aliphatic heterocycles. The zero-order valence-corrected chi connectivity index (χ0v) is 24.6. The molecule has 0 aromatic rings. The SMILES string of the molecule is CCC1=C(C)C2CC3NC(CC4NC(CC5NC(CC1N2)C(C)C5CC)C(C)=C4CC)C(CC)C3C. The van der Waals surface area contributed by atoms with Crippen LogP contribution in [-0.4, -0.2) is 48.3 Å². The van der Waals surface area contributed by atoms with Crippen molar-refractivity contribution in [3.8, 4) is 0 Å². The van der Waals surface area contributed by atoms with Gasteiger partial charge in [-0.2, -0.15) is 0 Å². The van der Waals surface area contributed by atoms with Crippen LogP contribution in [0.3, 0.4) is 0 Å². The number of fused-ring (bicyclic) bond motifs is 8. The molecule has 0 radical (unpaired) electrons. The van der Waals surface area contributed by atoms with Gasteiger partial charge in [-0.3, -0.25) is 0 Å². The summed E-state index contributed by atoms with van der Waals surface area (Å²) in [5.41, 5.74) is 6.72. The fourth-order valence-electron chi connectivity index (χ4n) is 9.70. The highest BCUT2D eigenvalue weighted by molar-refractivity contribution is 5.32. The van der Waals surface area contributed by atoms with E-state index in [2.05, 4.69) is 76.7 Å². The van der Waals surface area contributed by atoms with Gasteiger partial charge in [0.1, 0.15) is 0 Å².